The number of anilines is 1. The van der Waals surface area contributed by atoms with Crippen LogP contribution in [0.4, 0.5) is 5.82 Å². The Morgan fingerprint density at radius 3 is 2.60 bits per heavy atom. The molecule has 2 aliphatic rings. The minimum Gasteiger partial charge on any atom is -0.355 e. The maximum Gasteiger partial charge on any atom is 0.157 e. The Morgan fingerprint density at radius 1 is 0.900 bits per heavy atom. The molecule has 1 atom stereocenters. The van der Waals surface area contributed by atoms with Crippen molar-refractivity contribution in [2.75, 3.05) is 18.0 Å². The van der Waals surface area contributed by atoms with E-state index in [1.807, 2.05) is 30.7 Å². The summed E-state index contributed by atoms with van der Waals surface area (Å²) < 4.78 is 2.14. The molecule has 6 aromatic heterocycles. The lowest BCUT2D eigenvalue weighted by Crippen LogP contribution is -2.44. The van der Waals surface area contributed by atoms with Crippen molar-refractivity contribution < 1.29 is 0 Å². The molecule has 11 heteroatoms. The van der Waals surface area contributed by atoms with Crippen LogP contribution >= 0.6 is 23.4 Å². The van der Waals surface area contributed by atoms with E-state index in [9.17, 15) is 0 Å². The number of hydrogen-bond acceptors (Lipinski definition) is 9. The van der Waals surface area contributed by atoms with Crippen LogP contribution in [0.1, 0.15) is 30.0 Å². The molecule has 1 aliphatic heterocycles. The number of nitrogens with zero attached hydrogens (tertiary/aromatic N) is 8. The monoisotopic (exact) mass is 565 g/mol. The van der Waals surface area contributed by atoms with Gasteiger partial charge in [-0.25, -0.2) is 9.97 Å². The molecule has 2 N–H and O–H groups in total. The van der Waals surface area contributed by atoms with Gasteiger partial charge in [0.15, 0.2) is 11.5 Å². The van der Waals surface area contributed by atoms with Gasteiger partial charge in [-0.3, -0.25) is 24.3 Å². The topological polar surface area (TPSA) is 111 Å². The summed E-state index contributed by atoms with van der Waals surface area (Å²) in [6.07, 6.45) is 15.5. The SMILES string of the molecule is NC1c2cnccc2CC12CCN(c1nc3ccc(Sc4ccnc(-c5cnccn5)c4Cl)c4ncc1n34)CC2. The van der Waals surface area contributed by atoms with E-state index in [4.69, 9.17) is 27.3 Å². The van der Waals surface area contributed by atoms with E-state index in [1.54, 1.807) is 36.5 Å². The van der Waals surface area contributed by atoms with Gasteiger partial charge in [0.2, 0.25) is 0 Å². The fraction of sp³-hybridized carbons (Fsp3) is 0.241. The van der Waals surface area contributed by atoms with Gasteiger partial charge >= 0.3 is 0 Å². The number of piperidine rings is 1. The van der Waals surface area contributed by atoms with Crippen LogP contribution in [0, 0.1) is 5.41 Å². The third-order valence-corrected chi connectivity index (χ3v) is 10.1. The highest BCUT2D eigenvalue weighted by atomic mass is 35.5. The largest absolute Gasteiger partial charge is 0.355 e. The maximum absolute atomic E-state index is 6.79. The van der Waals surface area contributed by atoms with E-state index in [-0.39, 0.29) is 11.5 Å². The molecule has 1 saturated heterocycles. The van der Waals surface area contributed by atoms with Crippen LogP contribution in [0.25, 0.3) is 28.2 Å². The third kappa shape index (κ3) is 3.59. The molecular formula is C29H24ClN9S. The van der Waals surface area contributed by atoms with Crippen molar-refractivity contribution in [1.82, 2.24) is 34.3 Å². The highest BCUT2D eigenvalue weighted by Crippen LogP contribution is 2.51. The van der Waals surface area contributed by atoms with Crippen LogP contribution in [0.2, 0.25) is 5.02 Å². The Bertz CT molecular complexity index is 1870. The van der Waals surface area contributed by atoms with E-state index < -0.39 is 0 Å². The first-order valence-electron chi connectivity index (χ1n) is 13.2. The van der Waals surface area contributed by atoms with Crippen molar-refractivity contribution in [2.45, 2.75) is 35.1 Å². The lowest BCUT2D eigenvalue weighted by molar-refractivity contribution is 0.187. The molecule has 0 radical (unpaired) electrons. The summed E-state index contributed by atoms with van der Waals surface area (Å²) in [5.41, 5.74) is 13.4. The van der Waals surface area contributed by atoms with Crippen molar-refractivity contribution in [1.29, 1.82) is 0 Å². The smallest absolute Gasteiger partial charge is 0.157 e. The summed E-state index contributed by atoms with van der Waals surface area (Å²) in [7, 11) is 0. The molecule has 9 nitrogen and oxygen atoms in total. The van der Waals surface area contributed by atoms with Crippen LogP contribution in [0.15, 0.2) is 77.4 Å². The second-order valence-corrected chi connectivity index (χ2v) is 12.0. The molecule has 0 bridgehead atoms. The summed E-state index contributed by atoms with van der Waals surface area (Å²) in [4.78, 5) is 31.4. The lowest BCUT2D eigenvalue weighted by Gasteiger charge is -2.42. The van der Waals surface area contributed by atoms with Crippen LogP contribution in [-0.2, 0) is 6.42 Å². The summed E-state index contributed by atoms with van der Waals surface area (Å²) in [5, 5.41) is 0.541. The Hall–Kier alpha value is -3.86. The molecule has 1 aliphatic carbocycles. The molecule has 198 valence electrons. The van der Waals surface area contributed by atoms with E-state index in [0.29, 0.717) is 16.4 Å². The van der Waals surface area contributed by atoms with E-state index in [0.717, 1.165) is 64.8 Å². The quantitative estimate of drug-likeness (QED) is 0.307. The van der Waals surface area contributed by atoms with E-state index in [1.165, 1.54) is 11.1 Å². The van der Waals surface area contributed by atoms with Gasteiger partial charge in [-0.15, -0.1) is 0 Å². The number of rotatable bonds is 4. The number of fused-ring (bicyclic) bond motifs is 1. The second-order valence-electron chi connectivity index (χ2n) is 10.5. The van der Waals surface area contributed by atoms with Crippen LogP contribution < -0.4 is 10.6 Å². The van der Waals surface area contributed by atoms with Gasteiger partial charge in [0.05, 0.1) is 22.3 Å². The lowest BCUT2D eigenvalue weighted by atomic mass is 9.73. The molecule has 40 heavy (non-hydrogen) atoms. The third-order valence-electron chi connectivity index (χ3n) is 8.47. The highest BCUT2D eigenvalue weighted by Gasteiger charge is 2.46. The standard InChI is InChI=1S/C29H24ClN9S/c30-24-21(4-8-35-25(24)19-15-33-9-10-34-19)40-22-1-2-23-37-27(20-16-36-28(22)39(20)23)38-11-5-29(6-12-38)13-17-3-7-32-14-18(17)26(29)31/h1-4,7-10,14-16,26H,5-6,11-13,31H2. The van der Waals surface area contributed by atoms with Crippen molar-refractivity contribution >= 4 is 46.0 Å². The fourth-order valence-electron chi connectivity index (χ4n) is 6.35. The first kappa shape index (κ1) is 24.0. The summed E-state index contributed by atoms with van der Waals surface area (Å²) in [6, 6.07) is 8.19. The Labute approximate surface area is 239 Å². The molecule has 6 aromatic rings. The van der Waals surface area contributed by atoms with Crippen LogP contribution in [0.3, 0.4) is 0 Å². The van der Waals surface area contributed by atoms with Gasteiger partial charge in [0.1, 0.15) is 22.6 Å². The zero-order valence-electron chi connectivity index (χ0n) is 21.4. The van der Waals surface area contributed by atoms with Gasteiger partial charge in [0, 0.05) is 55.0 Å². The molecule has 0 saturated carbocycles. The van der Waals surface area contributed by atoms with E-state index in [2.05, 4.69) is 41.4 Å². The van der Waals surface area contributed by atoms with Gasteiger partial charge in [-0.1, -0.05) is 23.4 Å². The van der Waals surface area contributed by atoms with Crippen molar-refractivity contribution in [3.63, 3.8) is 0 Å². The molecule has 8 rings (SSSR count). The number of imidazole rings is 2. The molecule has 1 unspecified atom stereocenters. The normalized spacial score (nSPS) is 18.2. The molecule has 7 heterocycles. The maximum atomic E-state index is 6.79. The minimum atomic E-state index is 0.0387. The average molecular weight is 566 g/mol. The van der Waals surface area contributed by atoms with Crippen molar-refractivity contribution in [3.8, 4) is 11.4 Å². The van der Waals surface area contributed by atoms with E-state index >= 15 is 0 Å². The zero-order valence-corrected chi connectivity index (χ0v) is 23.0. The number of nitrogens with two attached hydrogens (primary N) is 1. The molecular weight excluding hydrogens is 542 g/mol. The zero-order chi connectivity index (χ0) is 26.8. The van der Waals surface area contributed by atoms with Crippen LogP contribution in [0.5, 0.6) is 0 Å². The predicted octanol–water partition coefficient (Wildman–Crippen LogP) is 5.21. The number of pyridine rings is 3. The molecule has 0 aromatic carbocycles. The number of aromatic nitrogens is 7. The second kappa shape index (κ2) is 9.09. The summed E-state index contributed by atoms with van der Waals surface area (Å²) >= 11 is 8.35. The Kier molecular flexibility index (Phi) is 5.45. The first-order chi connectivity index (χ1) is 19.6. The number of halogens is 1. The molecule has 1 fully saturated rings. The molecule has 1 spiro atoms. The fourth-order valence-corrected chi connectivity index (χ4v) is 7.60. The van der Waals surface area contributed by atoms with Gasteiger partial charge in [-0.05, 0) is 60.1 Å². The van der Waals surface area contributed by atoms with Gasteiger partial charge in [0.25, 0.3) is 0 Å². The Balaban J connectivity index is 1.08. The van der Waals surface area contributed by atoms with Crippen molar-refractivity contribution in [3.05, 3.63) is 83.8 Å². The highest BCUT2D eigenvalue weighted by molar-refractivity contribution is 7.99. The molecule has 0 amide bonds. The van der Waals surface area contributed by atoms with Gasteiger partial charge < -0.3 is 10.6 Å². The minimum absolute atomic E-state index is 0.0387. The first-order valence-corrected chi connectivity index (χ1v) is 14.4. The Morgan fingerprint density at radius 2 is 1.77 bits per heavy atom. The predicted molar refractivity (Wildman–Crippen MR) is 155 cm³/mol. The van der Waals surface area contributed by atoms with Gasteiger partial charge in [-0.2, -0.15) is 0 Å². The average Bonchev–Trinajstić information content (AvgIpc) is 3.67. The summed E-state index contributed by atoms with van der Waals surface area (Å²) in [5.74, 6) is 0.983. The van der Waals surface area contributed by atoms with Crippen molar-refractivity contribution in [2.24, 2.45) is 11.1 Å². The number of hydrogen-bond donors (Lipinski definition) is 1. The van der Waals surface area contributed by atoms with Crippen LogP contribution in [-0.4, -0.2) is 47.4 Å². The summed E-state index contributed by atoms with van der Waals surface area (Å²) in [6.45, 7) is 1.82.